The molecular formula is C16H22N2O2S. The quantitative estimate of drug-likeness (QED) is 0.831. The molecule has 1 fully saturated rings. The molecule has 5 heteroatoms. The van der Waals surface area contributed by atoms with Crippen molar-refractivity contribution < 1.29 is 9.90 Å². The molecular weight excluding hydrogens is 284 g/mol. The molecule has 0 radical (unpaired) electrons. The molecule has 1 saturated heterocycles. The Kier molecular flexibility index (Phi) is 6.24. The number of hydrogen-bond donors (Lipinski definition) is 2. The van der Waals surface area contributed by atoms with Gasteiger partial charge in [0.25, 0.3) is 0 Å². The van der Waals surface area contributed by atoms with Gasteiger partial charge in [0, 0.05) is 49.5 Å². The Labute approximate surface area is 130 Å². The van der Waals surface area contributed by atoms with E-state index in [-0.39, 0.29) is 12.5 Å². The van der Waals surface area contributed by atoms with Crippen LogP contribution in [-0.2, 0) is 11.3 Å². The summed E-state index contributed by atoms with van der Waals surface area (Å²) in [5.41, 5.74) is 1.08. The number of piperidine rings is 1. The molecule has 0 aromatic carbocycles. The summed E-state index contributed by atoms with van der Waals surface area (Å²) < 4.78 is 0. The van der Waals surface area contributed by atoms with Crippen molar-refractivity contribution >= 4 is 17.2 Å². The predicted molar refractivity (Wildman–Crippen MR) is 85.0 cm³/mol. The van der Waals surface area contributed by atoms with E-state index < -0.39 is 0 Å². The highest BCUT2D eigenvalue weighted by molar-refractivity contribution is 7.10. The molecule has 4 nitrogen and oxygen atoms in total. The number of hydrogen-bond acceptors (Lipinski definition) is 4. The number of amides is 1. The molecule has 0 bridgehead atoms. The number of likely N-dealkylation sites (tertiary alicyclic amines) is 1. The van der Waals surface area contributed by atoms with Crippen LogP contribution in [0.15, 0.2) is 11.4 Å². The number of nitrogens with one attached hydrogen (secondary N) is 1. The van der Waals surface area contributed by atoms with Gasteiger partial charge in [-0.3, -0.25) is 9.69 Å². The molecule has 0 spiro atoms. The lowest BCUT2D eigenvalue weighted by atomic mass is 10.0. The van der Waals surface area contributed by atoms with Gasteiger partial charge in [-0.25, -0.2) is 0 Å². The van der Waals surface area contributed by atoms with Crippen LogP contribution in [0.3, 0.4) is 0 Å². The van der Waals surface area contributed by atoms with Crippen molar-refractivity contribution in [3.05, 3.63) is 21.9 Å². The molecule has 2 heterocycles. The van der Waals surface area contributed by atoms with Crippen molar-refractivity contribution in [3.63, 3.8) is 0 Å². The highest BCUT2D eigenvalue weighted by Crippen LogP contribution is 2.20. The summed E-state index contributed by atoms with van der Waals surface area (Å²) in [6, 6.07) is 2.37. The van der Waals surface area contributed by atoms with Crippen molar-refractivity contribution in [1.29, 1.82) is 0 Å². The number of aliphatic hydroxyl groups is 1. The summed E-state index contributed by atoms with van der Waals surface area (Å²) in [5, 5.41) is 13.8. The van der Waals surface area contributed by atoms with Gasteiger partial charge in [-0.2, -0.15) is 0 Å². The normalized spacial score (nSPS) is 16.3. The monoisotopic (exact) mass is 306 g/mol. The smallest absolute Gasteiger partial charge is 0.217 e. The Morgan fingerprint density at radius 2 is 2.29 bits per heavy atom. The van der Waals surface area contributed by atoms with E-state index in [2.05, 4.69) is 33.5 Å². The molecule has 1 aliphatic rings. The molecule has 0 unspecified atom stereocenters. The lowest BCUT2D eigenvalue weighted by molar-refractivity contribution is -0.119. The first kappa shape index (κ1) is 16.0. The lowest BCUT2D eigenvalue weighted by Gasteiger charge is -2.31. The Balaban J connectivity index is 1.85. The summed E-state index contributed by atoms with van der Waals surface area (Å²) in [6.45, 7) is 4.63. The van der Waals surface area contributed by atoms with Crippen LogP contribution in [0.5, 0.6) is 0 Å². The summed E-state index contributed by atoms with van der Waals surface area (Å²) in [4.78, 5) is 14.8. The maximum Gasteiger partial charge on any atom is 0.217 e. The summed E-state index contributed by atoms with van der Waals surface area (Å²) >= 11 is 1.74. The Hall–Kier alpha value is -1.35. The van der Waals surface area contributed by atoms with Gasteiger partial charge >= 0.3 is 0 Å². The second kappa shape index (κ2) is 8.18. The van der Waals surface area contributed by atoms with Gasteiger partial charge in [0.1, 0.15) is 0 Å². The summed E-state index contributed by atoms with van der Waals surface area (Å²) in [5.74, 6) is 6.18. The van der Waals surface area contributed by atoms with Crippen LogP contribution in [0.25, 0.3) is 0 Å². The van der Waals surface area contributed by atoms with Crippen molar-refractivity contribution in [2.45, 2.75) is 38.8 Å². The van der Waals surface area contributed by atoms with Gasteiger partial charge < -0.3 is 10.4 Å². The van der Waals surface area contributed by atoms with Gasteiger partial charge in [0.15, 0.2) is 0 Å². The third-order valence-corrected chi connectivity index (χ3v) is 4.47. The summed E-state index contributed by atoms with van der Waals surface area (Å²) in [7, 11) is 0. The van der Waals surface area contributed by atoms with Crippen LogP contribution in [-0.4, -0.2) is 41.7 Å². The molecule has 2 rings (SSSR count). The Morgan fingerprint density at radius 1 is 1.52 bits per heavy atom. The first-order valence-corrected chi connectivity index (χ1v) is 8.22. The van der Waals surface area contributed by atoms with Crippen LogP contribution >= 0.6 is 11.3 Å². The fourth-order valence-corrected chi connectivity index (χ4v) is 3.39. The Morgan fingerprint density at radius 3 is 2.95 bits per heavy atom. The lowest BCUT2D eigenvalue weighted by Crippen LogP contribution is -2.43. The van der Waals surface area contributed by atoms with E-state index in [1.165, 1.54) is 4.88 Å². The number of rotatable bonds is 4. The van der Waals surface area contributed by atoms with E-state index in [0.29, 0.717) is 12.5 Å². The molecule has 2 N–H and O–H groups in total. The van der Waals surface area contributed by atoms with Crippen molar-refractivity contribution in [1.82, 2.24) is 10.2 Å². The predicted octanol–water partition coefficient (Wildman–Crippen LogP) is 1.58. The van der Waals surface area contributed by atoms with Crippen LogP contribution in [0.1, 0.15) is 36.6 Å². The average molecular weight is 306 g/mol. The van der Waals surface area contributed by atoms with Crippen LogP contribution in [0.4, 0.5) is 0 Å². The zero-order valence-electron chi connectivity index (χ0n) is 12.4. The molecule has 21 heavy (non-hydrogen) atoms. The topological polar surface area (TPSA) is 52.6 Å². The molecule has 0 saturated carbocycles. The van der Waals surface area contributed by atoms with E-state index in [0.717, 1.165) is 38.0 Å². The van der Waals surface area contributed by atoms with Crippen molar-refractivity contribution in [3.8, 4) is 11.8 Å². The van der Waals surface area contributed by atoms with Gasteiger partial charge in [-0.05, 0) is 24.3 Å². The molecule has 114 valence electrons. The second-order valence-corrected chi connectivity index (χ2v) is 6.28. The maximum absolute atomic E-state index is 11.1. The zero-order valence-corrected chi connectivity index (χ0v) is 13.2. The third kappa shape index (κ3) is 5.16. The Bertz CT molecular complexity index is 522. The highest BCUT2D eigenvalue weighted by atomic mass is 32.1. The maximum atomic E-state index is 11.1. The van der Waals surface area contributed by atoms with Crippen LogP contribution in [0, 0.1) is 11.8 Å². The third-order valence-electron chi connectivity index (χ3n) is 3.57. The zero-order chi connectivity index (χ0) is 15.1. The number of nitrogens with zero attached hydrogens (tertiary/aromatic N) is 1. The van der Waals surface area contributed by atoms with Crippen molar-refractivity contribution in [2.24, 2.45) is 0 Å². The minimum Gasteiger partial charge on any atom is -0.395 e. The molecule has 1 aliphatic heterocycles. The van der Waals surface area contributed by atoms with E-state index in [1.54, 1.807) is 18.3 Å². The fourth-order valence-electron chi connectivity index (χ4n) is 2.51. The fraction of sp³-hybridized carbons (Fsp3) is 0.562. The minimum absolute atomic E-state index is 0.0631. The van der Waals surface area contributed by atoms with E-state index in [1.807, 2.05) is 0 Å². The van der Waals surface area contributed by atoms with E-state index in [9.17, 15) is 4.79 Å². The summed E-state index contributed by atoms with van der Waals surface area (Å²) in [6.07, 6.45) is 2.55. The number of aliphatic hydroxyl groups excluding tert-OH is 1. The van der Waals surface area contributed by atoms with Gasteiger partial charge in [0.2, 0.25) is 5.91 Å². The average Bonchev–Trinajstić information content (AvgIpc) is 2.88. The number of thiophene rings is 1. The highest BCUT2D eigenvalue weighted by Gasteiger charge is 2.20. The van der Waals surface area contributed by atoms with Crippen LogP contribution < -0.4 is 5.32 Å². The van der Waals surface area contributed by atoms with Gasteiger partial charge in [-0.1, -0.05) is 11.8 Å². The molecule has 0 atom stereocenters. The van der Waals surface area contributed by atoms with E-state index >= 15 is 0 Å². The number of carbonyl (C=O) groups excluding carboxylic acids is 1. The van der Waals surface area contributed by atoms with Crippen LogP contribution in [0.2, 0.25) is 0 Å². The molecule has 0 aliphatic carbocycles. The minimum atomic E-state index is 0.0631. The standard InChI is InChI=1S/C16H22N2O2S/c1-13(20)17-15-5-8-18(9-6-15)12-16-14(7-11-21-16)4-2-3-10-19/h7,11,15,19H,3,5-6,8-10,12H2,1H3,(H,17,20). The molecule has 1 aromatic rings. The molecule has 1 amide bonds. The van der Waals surface area contributed by atoms with Gasteiger partial charge in [-0.15, -0.1) is 11.3 Å². The number of carbonyl (C=O) groups is 1. The largest absolute Gasteiger partial charge is 0.395 e. The molecule has 1 aromatic heterocycles. The SMILES string of the molecule is CC(=O)NC1CCN(Cc2sccc2C#CCCO)CC1. The van der Waals surface area contributed by atoms with Gasteiger partial charge in [0.05, 0.1) is 6.61 Å². The first-order chi connectivity index (χ1) is 10.2. The second-order valence-electron chi connectivity index (χ2n) is 5.28. The van der Waals surface area contributed by atoms with Crippen molar-refractivity contribution in [2.75, 3.05) is 19.7 Å². The van der Waals surface area contributed by atoms with E-state index in [4.69, 9.17) is 5.11 Å². The first-order valence-electron chi connectivity index (χ1n) is 7.34.